The van der Waals surface area contributed by atoms with Crippen LogP contribution in [0.2, 0.25) is 5.02 Å². The number of nitrogens with one attached hydrogen (secondary N) is 2. The van der Waals surface area contributed by atoms with Crippen LogP contribution in [0.25, 0.3) is 0 Å². The molecule has 126 valence electrons. The quantitative estimate of drug-likeness (QED) is 0.723. The van der Waals surface area contributed by atoms with Gasteiger partial charge in [0.15, 0.2) is 23.3 Å². The number of amides is 1. The molecule has 0 saturated heterocycles. The molecule has 25 heavy (non-hydrogen) atoms. The minimum absolute atomic E-state index is 0.246. The highest BCUT2D eigenvalue weighted by Gasteiger charge is 2.08. The highest BCUT2D eigenvalue weighted by Crippen LogP contribution is 2.18. The minimum Gasteiger partial charge on any atom is -0.339 e. The highest BCUT2D eigenvalue weighted by atomic mass is 35.5. The Morgan fingerprint density at radius 2 is 1.56 bits per heavy atom. The second kappa shape index (κ2) is 7.23. The van der Waals surface area contributed by atoms with Crippen molar-refractivity contribution in [3.63, 3.8) is 0 Å². The summed E-state index contributed by atoms with van der Waals surface area (Å²) >= 11 is 5.77. The molecule has 2 aromatic carbocycles. The van der Waals surface area contributed by atoms with E-state index < -0.39 is 11.6 Å². The minimum atomic E-state index is -0.968. The predicted octanol–water partition coefficient (Wildman–Crippen LogP) is 4.40. The van der Waals surface area contributed by atoms with Gasteiger partial charge in [-0.2, -0.15) is 0 Å². The maximum Gasteiger partial charge on any atom is 0.256 e. The van der Waals surface area contributed by atoms with Crippen LogP contribution in [0.3, 0.4) is 0 Å². The van der Waals surface area contributed by atoms with Gasteiger partial charge in [-0.25, -0.2) is 8.78 Å². The fourth-order valence-electron chi connectivity index (χ4n) is 1.98. The highest BCUT2D eigenvalue weighted by molar-refractivity contribution is 6.30. The second-order valence-corrected chi connectivity index (χ2v) is 5.46. The van der Waals surface area contributed by atoms with E-state index in [1.807, 2.05) is 0 Å². The molecule has 1 amide bonds. The molecule has 0 unspecified atom stereocenters. The van der Waals surface area contributed by atoms with Gasteiger partial charge in [-0.3, -0.25) is 4.79 Å². The molecule has 0 fully saturated rings. The number of halogens is 3. The summed E-state index contributed by atoms with van der Waals surface area (Å²) in [4.78, 5) is 12.1. The van der Waals surface area contributed by atoms with Crippen molar-refractivity contribution in [2.45, 2.75) is 0 Å². The van der Waals surface area contributed by atoms with E-state index in [1.54, 1.807) is 30.3 Å². The molecule has 1 aromatic heterocycles. The van der Waals surface area contributed by atoms with Crippen molar-refractivity contribution >= 4 is 34.8 Å². The fraction of sp³-hybridized carbons (Fsp3) is 0. The summed E-state index contributed by atoms with van der Waals surface area (Å²) in [6.07, 6.45) is 0. The van der Waals surface area contributed by atoms with Gasteiger partial charge in [-0.1, -0.05) is 11.6 Å². The third-order valence-electron chi connectivity index (χ3n) is 3.20. The van der Waals surface area contributed by atoms with E-state index in [9.17, 15) is 13.6 Å². The van der Waals surface area contributed by atoms with E-state index in [4.69, 9.17) is 11.6 Å². The zero-order chi connectivity index (χ0) is 17.8. The van der Waals surface area contributed by atoms with Gasteiger partial charge < -0.3 is 10.6 Å². The van der Waals surface area contributed by atoms with Gasteiger partial charge in [0.2, 0.25) is 0 Å². The number of benzene rings is 2. The first kappa shape index (κ1) is 16.8. The first-order chi connectivity index (χ1) is 12.0. The van der Waals surface area contributed by atoms with Crippen LogP contribution in [0.4, 0.5) is 26.1 Å². The van der Waals surface area contributed by atoms with Gasteiger partial charge in [0.25, 0.3) is 5.91 Å². The van der Waals surface area contributed by atoms with Crippen molar-refractivity contribution in [1.82, 2.24) is 10.2 Å². The van der Waals surface area contributed by atoms with E-state index in [2.05, 4.69) is 20.8 Å². The van der Waals surface area contributed by atoms with Crippen molar-refractivity contribution in [2.24, 2.45) is 0 Å². The zero-order valence-corrected chi connectivity index (χ0v) is 13.4. The number of carbonyl (C=O) groups is 1. The molecule has 0 radical (unpaired) electrons. The molecule has 3 aromatic rings. The summed E-state index contributed by atoms with van der Waals surface area (Å²) in [6.45, 7) is 0. The first-order valence-electron chi connectivity index (χ1n) is 7.14. The molecule has 0 aliphatic rings. The summed E-state index contributed by atoms with van der Waals surface area (Å²) in [7, 11) is 0. The SMILES string of the molecule is O=C(Nc1ccc(Nc2ccc(F)c(F)c2)nn1)c1ccc(Cl)cc1. The lowest BCUT2D eigenvalue weighted by Crippen LogP contribution is -2.13. The summed E-state index contributed by atoms with van der Waals surface area (Å²) in [5.41, 5.74) is 0.751. The van der Waals surface area contributed by atoms with Crippen LogP contribution in [0.5, 0.6) is 0 Å². The zero-order valence-electron chi connectivity index (χ0n) is 12.6. The number of rotatable bonds is 4. The smallest absolute Gasteiger partial charge is 0.256 e. The van der Waals surface area contributed by atoms with E-state index >= 15 is 0 Å². The molecule has 3 rings (SSSR count). The summed E-state index contributed by atoms with van der Waals surface area (Å²) in [5.74, 6) is -1.69. The summed E-state index contributed by atoms with van der Waals surface area (Å²) in [6, 6.07) is 12.9. The van der Waals surface area contributed by atoms with Crippen LogP contribution in [0.15, 0.2) is 54.6 Å². The van der Waals surface area contributed by atoms with Gasteiger partial charge in [-0.15, -0.1) is 10.2 Å². The monoisotopic (exact) mass is 360 g/mol. The van der Waals surface area contributed by atoms with Crippen LogP contribution in [0.1, 0.15) is 10.4 Å². The van der Waals surface area contributed by atoms with E-state index in [1.165, 1.54) is 12.1 Å². The number of aromatic nitrogens is 2. The lowest BCUT2D eigenvalue weighted by Gasteiger charge is -2.07. The molecule has 5 nitrogen and oxygen atoms in total. The van der Waals surface area contributed by atoms with Crippen LogP contribution in [-0.4, -0.2) is 16.1 Å². The Balaban J connectivity index is 1.66. The maximum atomic E-state index is 13.2. The van der Waals surface area contributed by atoms with Crippen molar-refractivity contribution < 1.29 is 13.6 Å². The number of carbonyl (C=O) groups excluding carboxylic acids is 1. The molecule has 0 aliphatic carbocycles. The fourth-order valence-corrected chi connectivity index (χ4v) is 2.10. The second-order valence-electron chi connectivity index (χ2n) is 5.02. The standard InChI is InChI=1S/C17H11ClF2N4O/c18-11-3-1-10(2-4-11)17(25)22-16-8-7-15(23-24-16)21-12-5-6-13(19)14(20)9-12/h1-9H,(H,21,23)(H,22,24,25). The van der Waals surface area contributed by atoms with Crippen molar-refractivity contribution in [3.05, 3.63) is 76.8 Å². The molecule has 0 atom stereocenters. The van der Waals surface area contributed by atoms with Crippen LogP contribution >= 0.6 is 11.6 Å². The number of hydrogen-bond donors (Lipinski definition) is 2. The van der Waals surface area contributed by atoms with E-state index in [0.717, 1.165) is 12.1 Å². The van der Waals surface area contributed by atoms with Gasteiger partial charge in [0, 0.05) is 22.3 Å². The van der Waals surface area contributed by atoms with E-state index in [-0.39, 0.29) is 11.7 Å². The van der Waals surface area contributed by atoms with E-state index in [0.29, 0.717) is 22.1 Å². The van der Waals surface area contributed by atoms with Gasteiger partial charge in [0.05, 0.1) is 0 Å². The third kappa shape index (κ3) is 4.27. The summed E-state index contributed by atoms with van der Waals surface area (Å²) < 4.78 is 26.1. The van der Waals surface area contributed by atoms with Crippen molar-refractivity contribution in [2.75, 3.05) is 10.6 Å². The average molecular weight is 361 g/mol. The van der Waals surface area contributed by atoms with Crippen LogP contribution < -0.4 is 10.6 Å². The molecule has 0 spiro atoms. The molecule has 1 heterocycles. The molecule has 0 saturated carbocycles. The maximum absolute atomic E-state index is 13.2. The van der Waals surface area contributed by atoms with Crippen LogP contribution in [-0.2, 0) is 0 Å². The number of nitrogens with zero attached hydrogens (tertiary/aromatic N) is 2. The molecule has 2 N–H and O–H groups in total. The summed E-state index contributed by atoms with van der Waals surface area (Å²) in [5, 5.41) is 13.6. The molecule has 0 bridgehead atoms. The van der Waals surface area contributed by atoms with Crippen molar-refractivity contribution in [3.8, 4) is 0 Å². The van der Waals surface area contributed by atoms with Gasteiger partial charge in [-0.05, 0) is 48.5 Å². The lowest BCUT2D eigenvalue weighted by atomic mass is 10.2. The average Bonchev–Trinajstić information content (AvgIpc) is 2.60. The Morgan fingerprint density at radius 1 is 0.880 bits per heavy atom. The lowest BCUT2D eigenvalue weighted by molar-refractivity contribution is 0.102. The number of anilines is 3. The molecular weight excluding hydrogens is 350 g/mol. The van der Waals surface area contributed by atoms with Crippen LogP contribution in [0, 0.1) is 11.6 Å². The Kier molecular flexibility index (Phi) is 4.85. The third-order valence-corrected chi connectivity index (χ3v) is 3.46. The molecule has 8 heteroatoms. The Bertz CT molecular complexity index is 902. The van der Waals surface area contributed by atoms with Crippen molar-refractivity contribution in [1.29, 1.82) is 0 Å². The normalized spacial score (nSPS) is 10.4. The number of hydrogen-bond acceptors (Lipinski definition) is 4. The Morgan fingerprint density at radius 3 is 2.20 bits per heavy atom. The topological polar surface area (TPSA) is 66.9 Å². The Labute approximate surface area is 146 Å². The van der Waals surface area contributed by atoms with Gasteiger partial charge in [0.1, 0.15) is 0 Å². The Hall–Kier alpha value is -3.06. The first-order valence-corrected chi connectivity index (χ1v) is 7.52. The molecule has 0 aliphatic heterocycles. The predicted molar refractivity (Wildman–Crippen MR) is 91.1 cm³/mol. The van der Waals surface area contributed by atoms with Gasteiger partial charge >= 0.3 is 0 Å². The molecular formula is C17H11ClF2N4O. The largest absolute Gasteiger partial charge is 0.339 e.